The van der Waals surface area contributed by atoms with E-state index in [4.69, 9.17) is 21.4 Å². The number of aliphatic hydroxyl groups is 1. The maximum atomic E-state index is 11.4. The zero-order chi connectivity index (χ0) is 28.2. The van der Waals surface area contributed by atoms with E-state index in [1.165, 1.54) is 0 Å². The lowest BCUT2D eigenvalue weighted by molar-refractivity contribution is -0.149. The summed E-state index contributed by atoms with van der Waals surface area (Å²) in [5, 5.41) is 18.6. The van der Waals surface area contributed by atoms with Crippen molar-refractivity contribution in [1.82, 2.24) is 0 Å². The Morgan fingerprint density at radius 3 is 1.97 bits per heavy atom. The maximum Gasteiger partial charge on any atom is 0.332 e. The Hall–Kier alpha value is -3.51. The number of halogens is 1. The van der Waals surface area contributed by atoms with Gasteiger partial charge in [-0.1, -0.05) is 110 Å². The Balaban J connectivity index is 0.000000607. The number of allylic oxidation sites excluding steroid dienone is 3. The molecule has 1 unspecified atom stereocenters. The van der Waals surface area contributed by atoms with Crippen molar-refractivity contribution in [2.45, 2.75) is 46.3 Å². The lowest BCUT2D eigenvalue weighted by atomic mass is 10.0. The summed E-state index contributed by atoms with van der Waals surface area (Å²) in [6.07, 6.45) is 5.72. The lowest BCUT2D eigenvalue weighted by Crippen LogP contribution is -2.24. The van der Waals surface area contributed by atoms with E-state index in [9.17, 15) is 14.7 Å². The van der Waals surface area contributed by atoms with Crippen molar-refractivity contribution in [1.29, 1.82) is 0 Å². The number of carbonyl (C=O) groups is 2. The summed E-state index contributed by atoms with van der Waals surface area (Å²) in [6, 6.07) is 25.1. The van der Waals surface area contributed by atoms with Gasteiger partial charge in [0.2, 0.25) is 0 Å². The fourth-order valence-electron chi connectivity index (χ4n) is 3.22. The third kappa shape index (κ3) is 12.6. The van der Waals surface area contributed by atoms with Gasteiger partial charge in [-0.25, -0.2) is 4.79 Å². The molecule has 0 aliphatic carbocycles. The van der Waals surface area contributed by atoms with E-state index < -0.39 is 12.1 Å². The van der Waals surface area contributed by atoms with Crippen molar-refractivity contribution in [3.63, 3.8) is 0 Å². The molecule has 5 nitrogen and oxygen atoms in total. The summed E-state index contributed by atoms with van der Waals surface area (Å²) in [5.74, 6) is -0.993. The van der Waals surface area contributed by atoms with Gasteiger partial charge in [-0.05, 0) is 54.2 Å². The number of rotatable bonds is 11. The normalized spacial score (nSPS) is 11.6. The van der Waals surface area contributed by atoms with Gasteiger partial charge in [-0.15, -0.1) is 0 Å². The Morgan fingerprint density at radius 1 is 0.921 bits per heavy atom. The summed E-state index contributed by atoms with van der Waals surface area (Å²) in [7, 11) is 0. The van der Waals surface area contributed by atoms with Gasteiger partial charge >= 0.3 is 5.97 Å². The summed E-state index contributed by atoms with van der Waals surface area (Å²) in [5.41, 5.74) is 4.68. The molecule has 0 spiro atoms. The van der Waals surface area contributed by atoms with Crippen LogP contribution in [0.2, 0.25) is 5.02 Å². The first-order valence-corrected chi connectivity index (χ1v) is 13.0. The van der Waals surface area contributed by atoms with Crippen LogP contribution in [0.4, 0.5) is 0 Å². The first kappa shape index (κ1) is 32.5. The molecule has 0 saturated heterocycles. The predicted molar refractivity (Wildman–Crippen MR) is 155 cm³/mol. The average molecular weight is 537 g/mol. The number of aliphatic carboxylic acids is 1. The van der Waals surface area contributed by atoms with Gasteiger partial charge in [0.05, 0.1) is 13.2 Å². The molecule has 0 amide bonds. The van der Waals surface area contributed by atoms with Gasteiger partial charge in [-0.2, -0.15) is 0 Å². The number of hydrogen-bond donors (Lipinski definition) is 2. The van der Waals surface area contributed by atoms with Gasteiger partial charge in [0, 0.05) is 10.6 Å². The predicted octanol–water partition coefficient (Wildman–Crippen LogP) is 7.32. The zero-order valence-electron chi connectivity index (χ0n) is 22.2. The van der Waals surface area contributed by atoms with E-state index in [1.807, 2.05) is 92.7 Å². The summed E-state index contributed by atoms with van der Waals surface area (Å²) in [6.45, 7) is 6.03. The first-order valence-electron chi connectivity index (χ1n) is 12.6. The topological polar surface area (TPSA) is 83.8 Å². The molecule has 0 aliphatic heterocycles. The van der Waals surface area contributed by atoms with E-state index in [0.29, 0.717) is 23.4 Å². The summed E-state index contributed by atoms with van der Waals surface area (Å²) < 4.78 is 5.43. The number of hydrogen-bond acceptors (Lipinski definition) is 4. The molecule has 202 valence electrons. The van der Waals surface area contributed by atoms with E-state index in [0.717, 1.165) is 28.5 Å². The largest absolute Gasteiger partial charge is 0.479 e. The van der Waals surface area contributed by atoms with Crippen molar-refractivity contribution in [2.24, 2.45) is 0 Å². The Morgan fingerprint density at radius 2 is 1.50 bits per heavy atom. The van der Waals surface area contributed by atoms with Crippen molar-refractivity contribution in [3.05, 3.63) is 119 Å². The van der Waals surface area contributed by atoms with E-state index >= 15 is 0 Å². The van der Waals surface area contributed by atoms with E-state index in [1.54, 1.807) is 25.2 Å². The molecule has 3 aromatic rings. The second kappa shape index (κ2) is 19.6. The van der Waals surface area contributed by atoms with Gasteiger partial charge in [-0.3, -0.25) is 4.79 Å². The quantitative estimate of drug-likeness (QED) is 0.152. The van der Waals surface area contributed by atoms with Gasteiger partial charge in [0.25, 0.3) is 0 Å². The Labute approximate surface area is 231 Å². The molecular weight excluding hydrogens is 500 g/mol. The number of carboxylic acid groups (broad SMARTS) is 1. The number of benzene rings is 3. The number of carbonyl (C=O) groups excluding carboxylic acids is 1. The minimum Gasteiger partial charge on any atom is -0.479 e. The number of aryl methyl sites for hydroxylation is 1. The number of aldehydes is 1. The number of ether oxygens (including phenoxy) is 1. The fourth-order valence-corrected chi connectivity index (χ4v) is 3.35. The van der Waals surface area contributed by atoms with Crippen molar-refractivity contribution >= 4 is 23.9 Å². The van der Waals surface area contributed by atoms with Crippen LogP contribution in [0.5, 0.6) is 0 Å². The SMILES string of the molecule is C/C=C(C=O)\C=C/COC(CCc1ccc(-c2ccc(Cl)cc2)cc1)C(=O)O.CC.OCc1ccccc1. The molecule has 3 aromatic carbocycles. The summed E-state index contributed by atoms with van der Waals surface area (Å²) >= 11 is 5.91. The molecule has 1 atom stereocenters. The molecule has 0 radical (unpaired) electrons. The van der Waals surface area contributed by atoms with Crippen LogP contribution in [0, 0.1) is 0 Å². The highest BCUT2D eigenvalue weighted by molar-refractivity contribution is 6.30. The Bertz CT molecular complexity index is 1120. The third-order valence-electron chi connectivity index (χ3n) is 5.30. The van der Waals surface area contributed by atoms with Crippen LogP contribution < -0.4 is 0 Å². The molecule has 0 saturated carbocycles. The van der Waals surface area contributed by atoms with E-state index in [-0.39, 0.29) is 13.2 Å². The molecule has 0 fully saturated rings. The molecule has 2 N–H and O–H groups in total. The number of aliphatic hydroxyl groups excluding tert-OH is 1. The molecule has 0 aliphatic rings. The van der Waals surface area contributed by atoms with Crippen molar-refractivity contribution in [2.75, 3.05) is 6.61 Å². The van der Waals surface area contributed by atoms with Crippen molar-refractivity contribution in [3.8, 4) is 11.1 Å². The molecule has 0 bridgehead atoms. The fraction of sp³-hybridized carbons (Fsp3) is 0.250. The third-order valence-corrected chi connectivity index (χ3v) is 5.55. The van der Waals surface area contributed by atoms with Crippen molar-refractivity contribution < 1.29 is 24.5 Å². The van der Waals surface area contributed by atoms with Gasteiger partial charge in [0.15, 0.2) is 6.10 Å². The minimum absolute atomic E-state index is 0.137. The molecule has 0 aromatic heterocycles. The van der Waals surface area contributed by atoms with Gasteiger partial charge in [0.1, 0.15) is 6.29 Å². The average Bonchev–Trinajstić information content (AvgIpc) is 2.97. The number of carboxylic acids is 1. The minimum atomic E-state index is -0.993. The molecule has 38 heavy (non-hydrogen) atoms. The standard InChI is InChI=1S/C23H23ClO4.C7H8O.C2H6/c1-2-17(16-25)4-3-15-28-22(23(26)27)14-7-18-5-8-19(9-6-18)20-10-12-21(24)13-11-20;8-6-7-4-2-1-3-5-7;1-2/h2-6,8-13,16,22H,7,14-15H2,1H3,(H,26,27);1-5,8H,6H2;1-2H3/b4-3-,17-2+;;. The van der Waals surface area contributed by atoms with Gasteiger partial charge < -0.3 is 14.9 Å². The van der Waals surface area contributed by atoms with Crippen LogP contribution in [0.3, 0.4) is 0 Å². The smallest absolute Gasteiger partial charge is 0.332 e. The molecule has 3 rings (SSSR count). The first-order chi connectivity index (χ1) is 18.5. The van der Waals surface area contributed by atoms with Crippen LogP contribution in [0.25, 0.3) is 11.1 Å². The molecular formula is C32H37ClO5. The monoisotopic (exact) mass is 536 g/mol. The zero-order valence-corrected chi connectivity index (χ0v) is 23.0. The lowest BCUT2D eigenvalue weighted by Gasteiger charge is -2.12. The summed E-state index contributed by atoms with van der Waals surface area (Å²) in [4.78, 5) is 22.1. The highest BCUT2D eigenvalue weighted by Crippen LogP contribution is 2.22. The van der Waals surface area contributed by atoms with Crippen LogP contribution in [-0.4, -0.2) is 35.2 Å². The second-order valence-electron chi connectivity index (χ2n) is 7.86. The van der Waals surface area contributed by atoms with Crippen LogP contribution in [-0.2, 0) is 27.4 Å². The Kier molecular flexibility index (Phi) is 16.8. The molecule has 6 heteroatoms. The highest BCUT2D eigenvalue weighted by Gasteiger charge is 2.17. The maximum absolute atomic E-state index is 11.4. The highest BCUT2D eigenvalue weighted by atomic mass is 35.5. The van der Waals surface area contributed by atoms with Crippen LogP contribution in [0.1, 0.15) is 38.3 Å². The van der Waals surface area contributed by atoms with Crippen LogP contribution >= 0.6 is 11.6 Å². The van der Waals surface area contributed by atoms with E-state index in [2.05, 4.69) is 0 Å². The van der Waals surface area contributed by atoms with Crippen LogP contribution in [0.15, 0.2) is 103 Å². The molecule has 0 heterocycles. The second-order valence-corrected chi connectivity index (χ2v) is 8.29.